The van der Waals surface area contributed by atoms with Crippen LogP contribution in [0.4, 0.5) is 8.78 Å². The molecule has 23 heavy (non-hydrogen) atoms. The van der Waals surface area contributed by atoms with Crippen LogP contribution in [0.15, 0.2) is 41.2 Å². The summed E-state index contributed by atoms with van der Waals surface area (Å²) < 4.78 is 26.9. The third kappa shape index (κ3) is 2.80. The van der Waals surface area contributed by atoms with Crippen LogP contribution in [-0.4, -0.2) is 21.0 Å². The van der Waals surface area contributed by atoms with Crippen LogP contribution in [-0.2, 0) is 6.42 Å². The van der Waals surface area contributed by atoms with Gasteiger partial charge in [0.15, 0.2) is 11.6 Å². The summed E-state index contributed by atoms with van der Waals surface area (Å²) in [5.74, 6) is -3.02. The smallest absolute Gasteiger partial charge is 0.335 e. The number of carbonyl (C=O) groups is 1. The quantitative estimate of drug-likeness (QED) is 0.777. The van der Waals surface area contributed by atoms with Gasteiger partial charge in [-0.1, -0.05) is 12.1 Å². The zero-order valence-electron chi connectivity index (χ0n) is 11.6. The van der Waals surface area contributed by atoms with Gasteiger partial charge in [0, 0.05) is 6.42 Å². The van der Waals surface area contributed by atoms with Crippen molar-refractivity contribution in [3.05, 3.63) is 75.3 Å². The zero-order valence-corrected chi connectivity index (χ0v) is 11.6. The number of hydrogen-bond donors (Lipinski definition) is 2. The summed E-state index contributed by atoms with van der Waals surface area (Å²) in [6.45, 7) is 0. The molecule has 0 saturated carbocycles. The molecule has 1 aromatic heterocycles. The average Bonchev–Trinajstić information content (AvgIpc) is 2.51. The number of halogens is 2. The third-order valence-corrected chi connectivity index (χ3v) is 3.39. The number of aromatic carboxylic acids is 1. The molecule has 0 spiro atoms. The fourth-order valence-electron chi connectivity index (χ4n) is 2.27. The zero-order chi connectivity index (χ0) is 16.6. The van der Waals surface area contributed by atoms with Crippen LogP contribution in [0.5, 0.6) is 0 Å². The lowest BCUT2D eigenvalue weighted by molar-refractivity contribution is 0.0697. The molecule has 0 unspecified atom stereocenters. The minimum Gasteiger partial charge on any atom is -0.478 e. The van der Waals surface area contributed by atoms with Crippen molar-refractivity contribution in [2.75, 3.05) is 0 Å². The van der Waals surface area contributed by atoms with Gasteiger partial charge in [0.2, 0.25) is 0 Å². The second-order valence-corrected chi connectivity index (χ2v) is 4.94. The highest BCUT2D eigenvalue weighted by Gasteiger charge is 2.12. The second-order valence-electron chi connectivity index (χ2n) is 4.94. The normalized spacial score (nSPS) is 10.9. The molecule has 0 bridgehead atoms. The van der Waals surface area contributed by atoms with E-state index >= 15 is 0 Å². The monoisotopic (exact) mass is 316 g/mol. The summed E-state index contributed by atoms with van der Waals surface area (Å²) in [6.07, 6.45) is -0.119. The van der Waals surface area contributed by atoms with E-state index in [9.17, 15) is 18.4 Å². The standard InChI is InChI=1S/C16H10F2N2O3/c17-11-3-1-2-8(14(11)18)7-13-19-12-6-9(16(22)23)4-5-10(12)15(21)20-13/h1-6H,7H2,(H,22,23)(H,19,20,21). The van der Waals surface area contributed by atoms with E-state index in [0.29, 0.717) is 0 Å². The summed E-state index contributed by atoms with van der Waals surface area (Å²) >= 11 is 0. The lowest BCUT2D eigenvalue weighted by Gasteiger charge is -2.05. The van der Waals surface area contributed by atoms with Crippen molar-refractivity contribution in [3.8, 4) is 0 Å². The molecular formula is C16H10F2N2O3. The lowest BCUT2D eigenvalue weighted by atomic mass is 10.1. The Kier molecular flexibility index (Phi) is 3.61. The first-order valence-electron chi connectivity index (χ1n) is 6.65. The number of nitrogens with zero attached hydrogens (tertiary/aromatic N) is 1. The summed E-state index contributed by atoms with van der Waals surface area (Å²) in [5, 5.41) is 9.20. The number of aromatic nitrogens is 2. The molecule has 0 amide bonds. The molecule has 3 rings (SSSR count). The molecule has 0 aliphatic heterocycles. The number of rotatable bonds is 3. The number of H-pyrrole nitrogens is 1. The van der Waals surface area contributed by atoms with Crippen molar-refractivity contribution in [2.45, 2.75) is 6.42 Å². The van der Waals surface area contributed by atoms with Crippen LogP contribution in [0.25, 0.3) is 10.9 Å². The number of benzene rings is 2. The van der Waals surface area contributed by atoms with Crippen molar-refractivity contribution in [1.29, 1.82) is 0 Å². The third-order valence-electron chi connectivity index (χ3n) is 3.39. The molecule has 116 valence electrons. The van der Waals surface area contributed by atoms with Crippen LogP contribution in [0.2, 0.25) is 0 Å². The summed E-state index contributed by atoms with van der Waals surface area (Å²) in [5.41, 5.74) is -0.264. The number of carboxylic acids is 1. The van der Waals surface area contributed by atoms with Gasteiger partial charge in [0.05, 0.1) is 16.5 Å². The van der Waals surface area contributed by atoms with E-state index in [0.717, 1.165) is 6.07 Å². The maximum Gasteiger partial charge on any atom is 0.335 e. The van der Waals surface area contributed by atoms with Crippen molar-refractivity contribution >= 4 is 16.9 Å². The molecule has 0 aliphatic rings. The fraction of sp³-hybridized carbons (Fsp3) is 0.0625. The Labute approximate surface area is 128 Å². The fourth-order valence-corrected chi connectivity index (χ4v) is 2.27. The summed E-state index contributed by atoms with van der Waals surface area (Å²) in [7, 11) is 0. The minimum absolute atomic E-state index is 0.0153. The van der Waals surface area contributed by atoms with E-state index < -0.39 is 23.2 Å². The number of carboxylic acid groups (broad SMARTS) is 1. The van der Waals surface area contributed by atoms with Gasteiger partial charge in [-0.05, 0) is 29.8 Å². The van der Waals surface area contributed by atoms with E-state index in [1.807, 2.05) is 0 Å². The van der Waals surface area contributed by atoms with Crippen LogP contribution >= 0.6 is 0 Å². The maximum atomic E-state index is 13.7. The molecule has 3 aromatic rings. The maximum absolute atomic E-state index is 13.7. The Morgan fingerprint density at radius 2 is 2.00 bits per heavy atom. The SMILES string of the molecule is O=C(O)c1ccc2c(=O)[nH]c(Cc3cccc(F)c3F)nc2c1. The number of nitrogens with one attached hydrogen (secondary N) is 1. The first-order chi connectivity index (χ1) is 11.0. The predicted molar refractivity (Wildman–Crippen MR) is 78.5 cm³/mol. The Morgan fingerprint density at radius 1 is 1.22 bits per heavy atom. The average molecular weight is 316 g/mol. The molecule has 0 atom stereocenters. The molecule has 1 heterocycles. The van der Waals surface area contributed by atoms with Gasteiger partial charge in [-0.25, -0.2) is 18.6 Å². The number of fused-ring (bicyclic) bond motifs is 1. The Morgan fingerprint density at radius 3 is 2.74 bits per heavy atom. The number of hydrogen-bond acceptors (Lipinski definition) is 3. The highest BCUT2D eigenvalue weighted by Crippen LogP contribution is 2.16. The van der Waals surface area contributed by atoms with Gasteiger partial charge in [-0.2, -0.15) is 0 Å². The van der Waals surface area contributed by atoms with E-state index in [1.165, 1.54) is 30.3 Å². The van der Waals surface area contributed by atoms with Crippen LogP contribution in [0.3, 0.4) is 0 Å². The molecule has 2 N–H and O–H groups in total. The second kappa shape index (κ2) is 5.60. The first kappa shape index (κ1) is 14.8. The Hall–Kier alpha value is -3.09. The highest BCUT2D eigenvalue weighted by atomic mass is 19.2. The summed E-state index contributed by atoms with van der Waals surface area (Å²) in [4.78, 5) is 29.6. The van der Waals surface area contributed by atoms with Crippen LogP contribution in [0.1, 0.15) is 21.7 Å². The topological polar surface area (TPSA) is 83.0 Å². The molecular weight excluding hydrogens is 306 g/mol. The molecule has 5 nitrogen and oxygen atoms in total. The van der Waals surface area contributed by atoms with Gasteiger partial charge >= 0.3 is 5.97 Å². The largest absolute Gasteiger partial charge is 0.478 e. The highest BCUT2D eigenvalue weighted by molar-refractivity contribution is 5.92. The first-order valence-corrected chi connectivity index (χ1v) is 6.65. The van der Waals surface area contributed by atoms with Gasteiger partial charge in [0.25, 0.3) is 5.56 Å². The van der Waals surface area contributed by atoms with E-state index in [4.69, 9.17) is 5.11 Å². The van der Waals surface area contributed by atoms with Crippen molar-refractivity contribution < 1.29 is 18.7 Å². The molecule has 0 fully saturated rings. The predicted octanol–water partition coefficient (Wildman–Crippen LogP) is 2.49. The Bertz CT molecular complexity index is 983. The van der Waals surface area contributed by atoms with Gasteiger partial charge in [-0.3, -0.25) is 4.79 Å². The molecule has 7 heteroatoms. The van der Waals surface area contributed by atoms with Crippen molar-refractivity contribution in [1.82, 2.24) is 9.97 Å². The van der Waals surface area contributed by atoms with E-state index in [1.54, 1.807) is 0 Å². The number of aromatic amines is 1. The molecule has 2 aromatic carbocycles. The summed E-state index contributed by atoms with van der Waals surface area (Å²) in [6, 6.07) is 7.66. The van der Waals surface area contributed by atoms with Gasteiger partial charge < -0.3 is 10.1 Å². The van der Waals surface area contributed by atoms with Crippen molar-refractivity contribution in [3.63, 3.8) is 0 Å². The van der Waals surface area contributed by atoms with Crippen LogP contribution < -0.4 is 5.56 Å². The van der Waals surface area contributed by atoms with E-state index in [-0.39, 0.29) is 34.3 Å². The minimum atomic E-state index is -1.15. The van der Waals surface area contributed by atoms with Gasteiger partial charge in [0.1, 0.15) is 5.82 Å². The molecule has 0 aliphatic carbocycles. The Balaban J connectivity index is 2.09. The molecule has 0 saturated heterocycles. The van der Waals surface area contributed by atoms with Crippen molar-refractivity contribution in [2.24, 2.45) is 0 Å². The molecule has 0 radical (unpaired) electrons. The van der Waals surface area contributed by atoms with Crippen LogP contribution in [0, 0.1) is 11.6 Å². The van der Waals surface area contributed by atoms with Gasteiger partial charge in [-0.15, -0.1) is 0 Å². The lowest BCUT2D eigenvalue weighted by Crippen LogP contribution is -2.13. The van der Waals surface area contributed by atoms with E-state index in [2.05, 4.69) is 9.97 Å².